The van der Waals surface area contributed by atoms with Gasteiger partial charge >= 0.3 is 0 Å². The van der Waals surface area contributed by atoms with Gasteiger partial charge in [-0.25, -0.2) is 13.1 Å². The van der Waals surface area contributed by atoms with Crippen LogP contribution in [0.2, 0.25) is 0 Å². The molecule has 0 atom stereocenters. The Hall–Kier alpha value is -0.170. The predicted molar refractivity (Wildman–Crippen MR) is 66.0 cm³/mol. The van der Waals surface area contributed by atoms with E-state index in [-0.39, 0.29) is 18.5 Å². The van der Waals surface area contributed by atoms with Crippen molar-refractivity contribution in [1.29, 1.82) is 0 Å². The van der Waals surface area contributed by atoms with Gasteiger partial charge < -0.3 is 10.1 Å². The first-order valence-corrected chi connectivity index (χ1v) is 7.31. The van der Waals surface area contributed by atoms with Gasteiger partial charge in [0.15, 0.2) is 0 Å². The lowest BCUT2D eigenvalue weighted by Gasteiger charge is -2.10. The molecule has 0 aliphatic heterocycles. The molecule has 16 heavy (non-hydrogen) atoms. The Labute approximate surface area is 99.0 Å². The van der Waals surface area contributed by atoms with Gasteiger partial charge in [-0.05, 0) is 13.8 Å². The van der Waals surface area contributed by atoms with Crippen LogP contribution in [0.25, 0.3) is 0 Å². The highest BCUT2D eigenvalue weighted by molar-refractivity contribution is 7.89. The second-order valence-electron chi connectivity index (χ2n) is 4.24. The summed E-state index contributed by atoms with van der Waals surface area (Å²) < 4.78 is 30.6. The van der Waals surface area contributed by atoms with Crippen molar-refractivity contribution in [1.82, 2.24) is 10.0 Å². The van der Waals surface area contributed by atoms with Crippen molar-refractivity contribution in [2.45, 2.75) is 39.8 Å². The normalized spacial score (nSPS) is 12.6. The van der Waals surface area contributed by atoms with Gasteiger partial charge in [-0.2, -0.15) is 0 Å². The third-order valence-corrected chi connectivity index (χ3v) is 3.15. The molecular weight excluding hydrogens is 228 g/mol. The molecule has 0 aromatic heterocycles. The van der Waals surface area contributed by atoms with Gasteiger partial charge in [-0.15, -0.1) is 0 Å². The minimum Gasteiger partial charge on any atom is -0.378 e. The highest BCUT2D eigenvalue weighted by atomic mass is 32.2. The van der Waals surface area contributed by atoms with Crippen LogP contribution in [0.15, 0.2) is 0 Å². The van der Waals surface area contributed by atoms with Crippen molar-refractivity contribution >= 4 is 10.0 Å². The van der Waals surface area contributed by atoms with E-state index in [1.807, 2.05) is 27.7 Å². The zero-order valence-electron chi connectivity index (χ0n) is 10.6. The first-order chi connectivity index (χ1) is 7.33. The van der Waals surface area contributed by atoms with E-state index in [2.05, 4.69) is 10.0 Å². The molecule has 0 aliphatic carbocycles. The zero-order chi connectivity index (χ0) is 12.6. The van der Waals surface area contributed by atoms with Crippen molar-refractivity contribution in [3.05, 3.63) is 0 Å². The van der Waals surface area contributed by atoms with E-state index in [9.17, 15) is 8.42 Å². The molecule has 0 aliphatic rings. The zero-order valence-corrected chi connectivity index (χ0v) is 11.4. The van der Waals surface area contributed by atoms with Crippen molar-refractivity contribution < 1.29 is 13.2 Å². The molecular formula is C10H24N2O3S. The standard InChI is InChI=1S/C10H24N2O3S/c1-9(2)11-5-6-12-16(13,14)8-7-15-10(3)4/h9-12H,5-8H2,1-4H3. The minimum absolute atomic E-state index is 0.0207. The summed E-state index contributed by atoms with van der Waals surface area (Å²) in [5.74, 6) is 0.0207. The Balaban J connectivity index is 3.63. The molecule has 0 spiro atoms. The number of hydrogen-bond acceptors (Lipinski definition) is 4. The molecule has 0 radical (unpaired) electrons. The summed E-state index contributed by atoms with van der Waals surface area (Å²) in [5.41, 5.74) is 0. The van der Waals surface area contributed by atoms with Gasteiger partial charge in [0.25, 0.3) is 0 Å². The molecule has 6 heteroatoms. The Morgan fingerprint density at radius 2 is 1.75 bits per heavy atom. The molecule has 98 valence electrons. The second-order valence-corrected chi connectivity index (χ2v) is 6.17. The molecule has 0 saturated heterocycles. The average molecular weight is 252 g/mol. The van der Waals surface area contributed by atoms with E-state index in [4.69, 9.17) is 4.74 Å². The first kappa shape index (κ1) is 15.8. The molecule has 0 heterocycles. The monoisotopic (exact) mass is 252 g/mol. The molecule has 0 rings (SSSR count). The number of hydrogen-bond donors (Lipinski definition) is 2. The number of ether oxygens (including phenoxy) is 1. The molecule has 0 saturated carbocycles. The van der Waals surface area contributed by atoms with E-state index < -0.39 is 10.0 Å². The van der Waals surface area contributed by atoms with Crippen LogP contribution in [0.4, 0.5) is 0 Å². The van der Waals surface area contributed by atoms with Crippen molar-refractivity contribution in [3.8, 4) is 0 Å². The van der Waals surface area contributed by atoms with Crippen LogP contribution in [0.3, 0.4) is 0 Å². The lowest BCUT2D eigenvalue weighted by atomic mass is 10.4. The van der Waals surface area contributed by atoms with Crippen molar-refractivity contribution in [2.75, 3.05) is 25.4 Å². The highest BCUT2D eigenvalue weighted by Gasteiger charge is 2.09. The fourth-order valence-corrected chi connectivity index (χ4v) is 1.91. The minimum atomic E-state index is -3.19. The van der Waals surface area contributed by atoms with Gasteiger partial charge in [0, 0.05) is 19.1 Å². The SMILES string of the molecule is CC(C)NCCNS(=O)(=O)CCOC(C)C. The number of nitrogens with one attached hydrogen (secondary N) is 2. The lowest BCUT2D eigenvalue weighted by Crippen LogP contribution is -2.36. The molecule has 0 aromatic rings. The van der Waals surface area contributed by atoms with Crippen LogP contribution in [0, 0.1) is 0 Å². The van der Waals surface area contributed by atoms with E-state index in [0.717, 1.165) is 0 Å². The van der Waals surface area contributed by atoms with Gasteiger partial charge in [0.2, 0.25) is 10.0 Å². The Kier molecular flexibility index (Phi) is 7.91. The summed E-state index contributed by atoms with van der Waals surface area (Å²) in [6.45, 7) is 9.10. The van der Waals surface area contributed by atoms with Gasteiger partial charge in [-0.1, -0.05) is 13.8 Å². The maximum Gasteiger partial charge on any atom is 0.213 e. The van der Waals surface area contributed by atoms with Gasteiger partial charge in [0.1, 0.15) is 0 Å². The van der Waals surface area contributed by atoms with Crippen molar-refractivity contribution in [2.24, 2.45) is 0 Å². The summed E-state index contributed by atoms with van der Waals surface area (Å²) in [6.07, 6.45) is 0.0674. The highest BCUT2D eigenvalue weighted by Crippen LogP contribution is 1.90. The molecule has 5 nitrogen and oxygen atoms in total. The summed E-state index contributed by atoms with van der Waals surface area (Å²) >= 11 is 0. The lowest BCUT2D eigenvalue weighted by molar-refractivity contribution is 0.0911. The van der Waals surface area contributed by atoms with E-state index in [1.165, 1.54) is 0 Å². The number of sulfonamides is 1. The molecule has 0 amide bonds. The summed E-state index contributed by atoms with van der Waals surface area (Å²) in [6, 6.07) is 0.369. The fourth-order valence-electron chi connectivity index (χ4n) is 1.03. The van der Waals surface area contributed by atoms with E-state index in [1.54, 1.807) is 0 Å². The number of rotatable bonds is 9. The van der Waals surface area contributed by atoms with Gasteiger partial charge in [0.05, 0.1) is 18.5 Å². The maximum atomic E-state index is 11.4. The third-order valence-electron chi connectivity index (χ3n) is 1.80. The quantitative estimate of drug-likeness (QED) is 0.580. The third kappa shape index (κ3) is 10.4. The van der Waals surface area contributed by atoms with Crippen LogP contribution < -0.4 is 10.0 Å². The average Bonchev–Trinajstić information content (AvgIpc) is 2.11. The Morgan fingerprint density at radius 3 is 2.25 bits per heavy atom. The summed E-state index contributed by atoms with van der Waals surface area (Å²) in [5, 5.41) is 3.13. The van der Waals surface area contributed by atoms with Crippen LogP contribution in [-0.2, 0) is 14.8 Å². The summed E-state index contributed by atoms with van der Waals surface area (Å²) in [7, 11) is -3.19. The smallest absolute Gasteiger partial charge is 0.213 e. The van der Waals surface area contributed by atoms with Gasteiger partial charge in [-0.3, -0.25) is 0 Å². The predicted octanol–water partition coefficient (Wildman–Crippen LogP) is 0.329. The molecule has 0 aromatic carbocycles. The molecule has 0 bridgehead atoms. The molecule has 0 unspecified atom stereocenters. The molecule has 2 N–H and O–H groups in total. The maximum absolute atomic E-state index is 11.4. The fraction of sp³-hybridized carbons (Fsp3) is 1.00. The van der Waals surface area contributed by atoms with Crippen LogP contribution in [0.5, 0.6) is 0 Å². The van der Waals surface area contributed by atoms with Crippen LogP contribution >= 0.6 is 0 Å². The summed E-state index contributed by atoms with van der Waals surface area (Å²) in [4.78, 5) is 0. The first-order valence-electron chi connectivity index (χ1n) is 5.66. The Morgan fingerprint density at radius 1 is 1.12 bits per heavy atom. The van der Waals surface area contributed by atoms with Crippen molar-refractivity contribution in [3.63, 3.8) is 0 Å². The topological polar surface area (TPSA) is 67.4 Å². The van der Waals surface area contributed by atoms with E-state index in [0.29, 0.717) is 19.1 Å². The Bertz CT molecular complexity index is 263. The van der Waals surface area contributed by atoms with Crippen LogP contribution in [-0.4, -0.2) is 46.0 Å². The molecule has 0 fully saturated rings. The largest absolute Gasteiger partial charge is 0.378 e. The van der Waals surface area contributed by atoms with E-state index >= 15 is 0 Å². The van der Waals surface area contributed by atoms with Crippen LogP contribution in [0.1, 0.15) is 27.7 Å². The second kappa shape index (κ2) is 8.00.